The van der Waals surface area contributed by atoms with Crippen LogP contribution in [0.5, 0.6) is 0 Å². The molecule has 0 N–H and O–H groups in total. The van der Waals surface area contributed by atoms with Gasteiger partial charge in [-0.3, -0.25) is 0 Å². The van der Waals surface area contributed by atoms with Gasteiger partial charge in [-0.25, -0.2) is 14.3 Å². The first-order valence-electron chi connectivity index (χ1n) is 8.85. The molecule has 0 radical (unpaired) electrons. The average molecular weight is 399 g/mol. The molecule has 0 saturated heterocycles. The molecule has 0 aliphatic rings. The molecular weight excluding hydrogens is 380 g/mol. The average Bonchev–Trinajstić information content (AvgIpc) is 3.10. The number of nitrogens with zero attached hydrogens (tertiary/aromatic N) is 2. The molecule has 0 aliphatic heterocycles. The highest BCUT2D eigenvalue weighted by Crippen LogP contribution is 2.31. The Morgan fingerprint density at radius 1 is 0.964 bits per heavy atom. The van der Waals surface area contributed by atoms with Crippen LogP contribution >= 0.6 is 11.6 Å². The summed E-state index contributed by atoms with van der Waals surface area (Å²) in [4.78, 5) is 25.3. The molecule has 0 aliphatic carbocycles. The fourth-order valence-corrected chi connectivity index (χ4v) is 3.00. The van der Waals surface area contributed by atoms with E-state index in [1.54, 1.807) is 38.1 Å². The molecule has 3 rings (SSSR count). The molecule has 2 aromatic carbocycles. The molecule has 144 valence electrons. The minimum absolute atomic E-state index is 0.0616. The van der Waals surface area contributed by atoms with E-state index < -0.39 is 11.9 Å². The van der Waals surface area contributed by atoms with Crippen molar-refractivity contribution in [3.05, 3.63) is 70.9 Å². The van der Waals surface area contributed by atoms with Gasteiger partial charge in [0.2, 0.25) is 0 Å². The smallest absolute Gasteiger partial charge is 0.359 e. The topological polar surface area (TPSA) is 70.4 Å². The first-order chi connectivity index (χ1) is 13.6. The molecule has 0 fully saturated rings. The van der Waals surface area contributed by atoms with Gasteiger partial charge in [0.25, 0.3) is 0 Å². The zero-order chi connectivity index (χ0) is 20.1. The molecule has 0 bridgehead atoms. The summed E-state index contributed by atoms with van der Waals surface area (Å²) < 4.78 is 11.8. The summed E-state index contributed by atoms with van der Waals surface area (Å²) in [5, 5.41) is 4.90. The van der Waals surface area contributed by atoms with Gasteiger partial charge in [0.05, 0.1) is 24.6 Å². The quantitative estimate of drug-likeness (QED) is 0.570. The van der Waals surface area contributed by atoms with E-state index >= 15 is 0 Å². The van der Waals surface area contributed by atoms with Crippen molar-refractivity contribution in [3.63, 3.8) is 0 Å². The van der Waals surface area contributed by atoms with E-state index in [4.69, 9.17) is 21.1 Å². The SMILES string of the molecule is CCOC(=O)c1nn(-c2cccc(Cl)c2)c(-c2ccccc2)c1C(=O)OCC. The highest BCUT2D eigenvalue weighted by molar-refractivity contribution is 6.30. The van der Waals surface area contributed by atoms with Crippen LogP contribution < -0.4 is 0 Å². The van der Waals surface area contributed by atoms with E-state index in [-0.39, 0.29) is 24.5 Å². The van der Waals surface area contributed by atoms with Crippen LogP contribution in [0.3, 0.4) is 0 Å². The van der Waals surface area contributed by atoms with E-state index in [1.165, 1.54) is 4.68 Å². The summed E-state index contributed by atoms with van der Waals surface area (Å²) >= 11 is 6.14. The van der Waals surface area contributed by atoms with E-state index in [0.29, 0.717) is 22.0 Å². The number of rotatable bonds is 6. The molecule has 0 amide bonds. The predicted molar refractivity (Wildman–Crippen MR) is 106 cm³/mol. The first-order valence-corrected chi connectivity index (χ1v) is 9.23. The van der Waals surface area contributed by atoms with Crippen LogP contribution in [0.2, 0.25) is 5.02 Å². The molecule has 0 saturated carbocycles. The van der Waals surface area contributed by atoms with Crippen LogP contribution in [0, 0.1) is 0 Å². The Morgan fingerprint density at radius 3 is 2.29 bits per heavy atom. The number of carbonyl (C=O) groups excluding carboxylic acids is 2. The van der Waals surface area contributed by atoms with Gasteiger partial charge < -0.3 is 9.47 Å². The molecular formula is C21H19ClN2O4. The highest BCUT2D eigenvalue weighted by Gasteiger charge is 2.31. The minimum Gasteiger partial charge on any atom is -0.462 e. The minimum atomic E-state index is -0.691. The van der Waals surface area contributed by atoms with Gasteiger partial charge in [-0.2, -0.15) is 5.10 Å². The van der Waals surface area contributed by atoms with Crippen molar-refractivity contribution in [1.29, 1.82) is 0 Å². The lowest BCUT2D eigenvalue weighted by Crippen LogP contribution is -2.13. The summed E-state index contributed by atoms with van der Waals surface area (Å²) in [6.07, 6.45) is 0. The number of esters is 2. The van der Waals surface area contributed by atoms with Gasteiger partial charge in [-0.1, -0.05) is 48.0 Å². The third-order valence-corrected chi connectivity index (χ3v) is 4.17. The fraction of sp³-hybridized carbons (Fsp3) is 0.190. The van der Waals surface area contributed by atoms with Gasteiger partial charge >= 0.3 is 11.9 Å². The zero-order valence-corrected chi connectivity index (χ0v) is 16.3. The van der Waals surface area contributed by atoms with E-state index in [2.05, 4.69) is 5.10 Å². The maximum Gasteiger partial charge on any atom is 0.359 e. The van der Waals surface area contributed by atoms with Crippen molar-refractivity contribution < 1.29 is 19.1 Å². The van der Waals surface area contributed by atoms with E-state index in [1.807, 2.05) is 30.3 Å². The Labute approximate surface area is 167 Å². The maximum absolute atomic E-state index is 12.8. The second-order valence-corrected chi connectivity index (χ2v) is 6.21. The molecule has 0 unspecified atom stereocenters. The Balaban J connectivity index is 2.33. The van der Waals surface area contributed by atoms with Crippen molar-refractivity contribution in [2.75, 3.05) is 13.2 Å². The zero-order valence-electron chi connectivity index (χ0n) is 15.5. The number of ether oxygens (including phenoxy) is 2. The molecule has 1 heterocycles. The molecule has 28 heavy (non-hydrogen) atoms. The van der Waals surface area contributed by atoms with Crippen molar-refractivity contribution in [2.24, 2.45) is 0 Å². The third kappa shape index (κ3) is 3.92. The molecule has 6 nitrogen and oxygen atoms in total. The molecule has 1 aromatic heterocycles. The lowest BCUT2D eigenvalue weighted by Gasteiger charge is -2.10. The van der Waals surface area contributed by atoms with Crippen LogP contribution in [0.1, 0.15) is 34.7 Å². The van der Waals surface area contributed by atoms with Gasteiger partial charge in [-0.15, -0.1) is 0 Å². The van der Waals surface area contributed by atoms with Crippen molar-refractivity contribution >= 4 is 23.5 Å². The summed E-state index contributed by atoms with van der Waals surface area (Å²) in [5.74, 6) is -1.33. The normalized spacial score (nSPS) is 10.5. The van der Waals surface area contributed by atoms with Gasteiger partial charge in [-0.05, 0) is 32.0 Å². The standard InChI is InChI=1S/C21H19ClN2O4/c1-3-27-20(25)17-18(21(26)28-4-2)23-24(16-12-8-11-15(22)13-16)19(17)14-9-6-5-7-10-14/h5-13H,3-4H2,1-2H3. The Bertz CT molecular complexity index is 999. The first kappa shape index (κ1) is 19.6. The monoisotopic (exact) mass is 398 g/mol. The lowest BCUT2D eigenvalue weighted by molar-refractivity contribution is 0.0476. The predicted octanol–water partition coefficient (Wildman–Crippen LogP) is 4.55. The molecule has 3 aromatic rings. The van der Waals surface area contributed by atoms with Crippen LogP contribution in [0.25, 0.3) is 16.9 Å². The fourth-order valence-electron chi connectivity index (χ4n) is 2.81. The number of benzene rings is 2. The summed E-state index contributed by atoms with van der Waals surface area (Å²) in [6.45, 7) is 3.71. The maximum atomic E-state index is 12.8. The Hall–Kier alpha value is -3.12. The van der Waals surface area contributed by atoms with Gasteiger partial charge in [0.15, 0.2) is 5.69 Å². The van der Waals surface area contributed by atoms with Gasteiger partial charge in [0, 0.05) is 10.6 Å². The number of carbonyl (C=O) groups is 2. The third-order valence-electron chi connectivity index (χ3n) is 3.93. The lowest BCUT2D eigenvalue weighted by atomic mass is 10.1. The van der Waals surface area contributed by atoms with Crippen molar-refractivity contribution in [1.82, 2.24) is 9.78 Å². The van der Waals surface area contributed by atoms with Crippen LogP contribution in [-0.2, 0) is 9.47 Å². The number of hydrogen-bond acceptors (Lipinski definition) is 5. The van der Waals surface area contributed by atoms with Crippen molar-refractivity contribution in [2.45, 2.75) is 13.8 Å². The Morgan fingerprint density at radius 2 is 1.64 bits per heavy atom. The number of aromatic nitrogens is 2. The van der Waals surface area contributed by atoms with Crippen LogP contribution in [0.4, 0.5) is 0 Å². The molecule has 7 heteroatoms. The summed E-state index contributed by atoms with van der Waals surface area (Å²) in [7, 11) is 0. The molecule has 0 spiro atoms. The van der Waals surface area contributed by atoms with Crippen LogP contribution in [0.15, 0.2) is 54.6 Å². The van der Waals surface area contributed by atoms with E-state index in [9.17, 15) is 9.59 Å². The second kappa shape index (κ2) is 8.71. The van der Waals surface area contributed by atoms with Crippen molar-refractivity contribution in [3.8, 4) is 16.9 Å². The van der Waals surface area contributed by atoms with E-state index in [0.717, 1.165) is 0 Å². The highest BCUT2D eigenvalue weighted by atomic mass is 35.5. The number of halogens is 1. The number of hydrogen-bond donors (Lipinski definition) is 0. The molecule has 0 atom stereocenters. The second-order valence-electron chi connectivity index (χ2n) is 5.77. The summed E-state index contributed by atoms with van der Waals surface area (Å²) in [6, 6.07) is 16.2. The largest absolute Gasteiger partial charge is 0.462 e. The summed E-state index contributed by atoms with van der Waals surface area (Å²) in [5.41, 5.74) is 1.70. The van der Waals surface area contributed by atoms with Gasteiger partial charge in [0.1, 0.15) is 5.56 Å². The van der Waals surface area contributed by atoms with Crippen LogP contribution in [-0.4, -0.2) is 34.9 Å². The Kier molecular flexibility index (Phi) is 6.11.